The van der Waals surface area contributed by atoms with Crippen LogP contribution in [0.4, 0.5) is 0 Å². The Hall–Kier alpha value is -3.21. The fourth-order valence-corrected chi connectivity index (χ4v) is 2.74. The van der Waals surface area contributed by atoms with Crippen molar-refractivity contribution in [2.24, 2.45) is 0 Å². The summed E-state index contributed by atoms with van der Waals surface area (Å²) < 4.78 is 1.99. The smallest absolute Gasteiger partial charge is 0.244 e. The number of hydrogen-bond donors (Lipinski definition) is 1. The summed E-state index contributed by atoms with van der Waals surface area (Å²) in [5.41, 5.74) is 5.28. The second-order valence-electron chi connectivity index (χ2n) is 6.24. The number of carbonyl (C=O) groups is 1. The largest absolute Gasteiger partial charge is 0.348 e. The Labute approximate surface area is 153 Å². The van der Waals surface area contributed by atoms with Crippen LogP contribution in [0, 0.1) is 13.8 Å². The quantitative estimate of drug-likeness (QED) is 0.697. The minimum Gasteiger partial charge on any atom is -0.348 e. The summed E-state index contributed by atoms with van der Waals surface area (Å²) in [7, 11) is 0. The highest BCUT2D eigenvalue weighted by Crippen LogP contribution is 2.10. The Bertz CT molecular complexity index is 913. The molecular formula is C21H22N4O. The van der Waals surface area contributed by atoms with Crippen molar-refractivity contribution in [3.63, 3.8) is 0 Å². The molecule has 2 aromatic heterocycles. The van der Waals surface area contributed by atoms with Crippen LogP contribution in [-0.4, -0.2) is 20.7 Å². The van der Waals surface area contributed by atoms with Crippen LogP contribution in [0.1, 0.15) is 28.1 Å². The minimum absolute atomic E-state index is 0.127. The fraction of sp³-hybridized carbons (Fsp3) is 0.190. The summed E-state index contributed by atoms with van der Waals surface area (Å²) in [6.45, 7) is 5.26. The van der Waals surface area contributed by atoms with Gasteiger partial charge in [0.2, 0.25) is 5.91 Å². The van der Waals surface area contributed by atoms with E-state index in [-0.39, 0.29) is 5.91 Å². The second-order valence-corrected chi connectivity index (χ2v) is 6.24. The van der Waals surface area contributed by atoms with Crippen molar-refractivity contribution in [3.8, 4) is 0 Å². The van der Waals surface area contributed by atoms with Gasteiger partial charge >= 0.3 is 0 Å². The lowest BCUT2D eigenvalue weighted by Gasteiger charge is -2.08. The van der Waals surface area contributed by atoms with Crippen molar-refractivity contribution >= 4 is 12.0 Å². The van der Waals surface area contributed by atoms with Crippen LogP contribution in [0.2, 0.25) is 0 Å². The molecular weight excluding hydrogens is 324 g/mol. The Morgan fingerprint density at radius 2 is 2.00 bits per heavy atom. The summed E-state index contributed by atoms with van der Waals surface area (Å²) in [5, 5.41) is 7.40. The van der Waals surface area contributed by atoms with E-state index < -0.39 is 0 Å². The lowest BCUT2D eigenvalue weighted by atomic mass is 10.1. The number of aryl methyl sites for hydroxylation is 2. The van der Waals surface area contributed by atoms with Crippen molar-refractivity contribution < 1.29 is 4.79 Å². The molecule has 0 radical (unpaired) electrons. The number of amides is 1. The third-order valence-corrected chi connectivity index (χ3v) is 4.01. The molecule has 0 saturated carbocycles. The number of benzene rings is 1. The van der Waals surface area contributed by atoms with Crippen LogP contribution in [0.25, 0.3) is 6.08 Å². The highest BCUT2D eigenvalue weighted by atomic mass is 16.1. The number of rotatable bonds is 6. The van der Waals surface area contributed by atoms with Crippen molar-refractivity contribution in [2.45, 2.75) is 26.9 Å². The molecule has 26 heavy (non-hydrogen) atoms. The Morgan fingerprint density at radius 1 is 1.15 bits per heavy atom. The van der Waals surface area contributed by atoms with Gasteiger partial charge in [-0.15, -0.1) is 0 Å². The van der Waals surface area contributed by atoms with Crippen LogP contribution in [0.15, 0.2) is 60.9 Å². The maximum absolute atomic E-state index is 12.0. The molecule has 0 aliphatic heterocycles. The summed E-state index contributed by atoms with van der Waals surface area (Å²) in [6.07, 6.45) is 6.70. The molecule has 2 heterocycles. The first-order chi connectivity index (χ1) is 12.6. The lowest BCUT2D eigenvalue weighted by molar-refractivity contribution is -0.116. The van der Waals surface area contributed by atoms with Crippen molar-refractivity contribution in [2.75, 3.05) is 0 Å². The molecule has 1 N–H and O–H groups in total. The number of aromatic nitrogens is 3. The van der Waals surface area contributed by atoms with Crippen LogP contribution >= 0.6 is 0 Å². The summed E-state index contributed by atoms with van der Waals surface area (Å²) in [5.74, 6) is -0.127. The van der Waals surface area contributed by atoms with Gasteiger partial charge in [0, 0.05) is 30.7 Å². The van der Waals surface area contributed by atoms with Crippen LogP contribution in [-0.2, 0) is 17.9 Å². The van der Waals surface area contributed by atoms with E-state index in [9.17, 15) is 4.79 Å². The maximum Gasteiger partial charge on any atom is 0.244 e. The average Bonchev–Trinajstić information content (AvgIpc) is 2.96. The van der Waals surface area contributed by atoms with Gasteiger partial charge in [0.15, 0.2) is 0 Å². The topological polar surface area (TPSA) is 59.8 Å². The molecule has 5 nitrogen and oxygen atoms in total. The standard InChI is InChI=1S/C21H22N4O/c1-16-11-17(2)25(24-16)15-20-6-3-5-19(12-20)14-23-21(26)9-8-18-7-4-10-22-13-18/h3-13H,14-15H2,1-2H3,(H,23,26)/b9-8-. The summed E-state index contributed by atoms with van der Waals surface area (Å²) in [6, 6.07) is 14.0. The van der Waals surface area contributed by atoms with E-state index >= 15 is 0 Å². The van der Waals surface area contributed by atoms with E-state index in [1.807, 2.05) is 35.9 Å². The lowest BCUT2D eigenvalue weighted by Crippen LogP contribution is -2.20. The van der Waals surface area contributed by atoms with Gasteiger partial charge in [-0.2, -0.15) is 5.10 Å². The van der Waals surface area contributed by atoms with Crippen molar-refractivity contribution in [1.82, 2.24) is 20.1 Å². The normalized spacial score (nSPS) is 11.0. The molecule has 5 heteroatoms. The predicted octanol–water partition coefficient (Wildman–Crippen LogP) is 3.27. The van der Waals surface area contributed by atoms with Gasteiger partial charge in [-0.05, 0) is 48.7 Å². The van der Waals surface area contributed by atoms with Gasteiger partial charge in [-0.3, -0.25) is 14.5 Å². The molecule has 0 bridgehead atoms. The third-order valence-electron chi connectivity index (χ3n) is 4.01. The molecule has 3 aromatic rings. The van der Waals surface area contributed by atoms with Gasteiger partial charge in [0.05, 0.1) is 12.2 Å². The molecule has 3 rings (SSSR count). The molecule has 1 amide bonds. The summed E-state index contributed by atoms with van der Waals surface area (Å²) in [4.78, 5) is 16.0. The highest BCUT2D eigenvalue weighted by Gasteiger charge is 2.03. The van der Waals surface area contributed by atoms with Crippen LogP contribution in [0.5, 0.6) is 0 Å². The first kappa shape index (κ1) is 17.6. The second kappa shape index (κ2) is 8.25. The van der Waals surface area contributed by atoms with E-state index in [0.29, 0.717) is 6.54 Å². The zero-order valence-electron chi connectivity index (χ0n) is 15.0. The molecule has 132 valence electrons. The van der Waals surface area contributed by atoms with Crippen LogP contribution < -0.4 is 5.32 Å². The highest BCUT2D eigenvalue weighted by molar-refractivity contribution is 5.91. The van der Waals surface area contributed by atoms with E-state index in [4.69, 9.17) is 0 Å². The first-order valence-electron chi connectivity index (χ1n) is 8.55. The molecule has 0 fully saturated rings. The average molecular weight is 346 g/mol. The van der Waals surface area contributed by atoms with E-state index in [1.165, 1.54) is 6.08 Å². The number of pyridine rings is 1. The molecule has 1 aromatic carbocycles. The molecule has 0 unspecified atom stereocenters. The molecule has 0 aliphatic rings. The van der Waals surface area contributed by atoms with E-state index in [1.54, 1.807) is 18.5 Å². The predicted molar refractivity (Wildman–Crippen MR) is 102 cm³/mol. The molecule has 0 saturated heterocycles. The van der Waals surface area contributed by atoms with Gasteiger partial charge < -0.3 is 5.32 Å². The number of carbonyl (C=O) groups excluding carboxylic acids is 1. The number of nitrogens with zero attached hydrogens (tertiary/aromatic N) is 3. The minimum atomic E-state index is -0.127. The maximum atomic E-state index is 12.0. The SMILES string of the molecule is Cc1cc(C)n(Cc2cccc(CNC(=O)/C=C\c3cccnc3)c2)n1. The van der Waals surface area contributed by atoms with Gasteiger partial charge in [-0.25, -0.2) is 0 Å². The fourth-order valence-electron chi connectivity index (χ4n) is 2.74. The molecule has 0 aliphatic carbocycles. The van der Waals surface area contributed by atoms with Crippen molar-refractivity contribution in [1.29, 1.82) is 0 Å². The number of nitrogens with one attached hydrogen (secondary N) is 1. The monoisotopic (exact) mass is 346 g/mol. The van der Waals surface area contributed by atoms with Gasteiger partial charge in [-0.1, -0.05) is 30.3 Å². The van der Waals surface area contributed by atoms with Crippen molar-refractivity contribution in [3.05, 3.63) is 89.0 Å². The first-order valence-corrected chi connectivity index (χ1v) is 8.55. The molecule has 0 spiro atoms. The Kier molecular flexibility index (Phi) is 5.59. The zero-order chi connectivity index (χ0) is 18.4. The third kappa shape index (κ3) is 4.89. The van der Waals surface area contributed by atoms with E-state index in [0.717, 1.165) is 34.6 Å². The van der Waals surface area contributed by atoms with E-state index in [2.05, 4.69) is 40.5 Å². The van der Waals surface area contributed by atoms with Crippen LogP contribution in [0.3, 0.4) is 0 Å². The number of hydrogen-bond acceptors (Lipinski definition) is 3. The van der Waals surface area contributed by atoms with Gasteiger partial charge in [0.25, 0.3) is 0 Å². The van der Waals surface area contributed by atoms with Gasteiger partial charge in [0.1, 0.15) is 0 Å². The summed E-state index contributed by atoms with van der Waals surface area (Å²) >= 11 is 0. The Balaban J connectivity index is 1.57. The zero-order valence-corrected chi connectivity index (χ0v) is 15.0. The molecule has 0 atom stereocenters. The Morgan fingerprint density at radius 3 is 2.73 bits per heavy atom.